The van der Waals surface area contributed by atoms with E-state index in [0.717, 1.165) is 5.56 Å². The topological polar surface area (TPSA) is 55.4 Å². The van der Waals surface area contributed by atoms with Crippen LogP contribution in [0.1, 0.15) is 33.3 Å². The van der Waals surface area contributed by atoms with Crippen LogP contribution in [0.3, 0.4) is 0 Å². The Morgan fingerprint density at radius 1 is 0.920 bits per heavy atom. The molecule has 0 aliphatic carbocycles. The average Bonchev–Trinajstić information content (AvgIpc) is 3.17. The predicted octanol–water partition coefficient (Wildman–Crippen LogP) is 2.60. The van der Waals surface area contributed by atoms with Crippen molar-refractivity contribution in [2.24, 2.45) is 0 Å². The molecule has 25 heavy (non-hydrogen) atoms. The first-order valence-corrected chi connectivity index (χ1v) is 8.81. The van der Waals surface area contributed by atoms with E-state index in [9.17, 15) is 0 Å². The van der Waals surface area contributed by atoms with Gasteiger partial charge in [-0.25, -0.2) is 0 Å². The molecule has 5 atom stereocenters. The quantitative estimate of drug-likeness (QED) is 0.832. The van der Waals surface area contributed by atoms with Crippen molar-refractivity contribution in [1.29, 1.82) is 0 Å². The summed E-state index contributed by atoms with van der Waals surface area (Å²) in [6.45, 7) is 8.55. The van der Waals surface area contributed by atoms with Crippen LogP contribution in [0.4, 0.5) is 0 Å². The van der Waals surface area contributed by atoms with Crippen molar-refractivity contribution >= 4 is 0 Å². The van der Waals surface area contributed by atoms with Crippen molar-refractivity contribution in [2.75, 3.05) is 6.61 Å². The predicted molar refractivity (Wildman–Crippen MR) is 88.6 cm³/mol. The summed E-state index contributed by atoms with van der Waals surface area (Å²) in [6.07, 6.45) is -1.50. The van der Waals surface area contributed by atoms with Crippen LogP contribution >= 0.6 is 0 Å². The summed E-state index contributed by atoms with van der Waals surface area (Å²) < 4.78 is 36.0. The Morgan fingerprint density at radius 2 is 1.64 bits per heavy atom. The Kier molecular flexibility index (Phi) is 4.38. The van der Waals surface area contributed by atoms with Gasteiger partial charge in [-0.2, -0.15) is 0 Å². The molecule has 6 nitrogen and oxygen atoms in total. The maximum absolute atomic E-state index is 6.14. The highest BCUT2D eigenvalue weighted by atomic mass is 16.8. The van der Waals surface area contributed by atoms with Gasteiger partial charge in [-0.3, -0.25) is 0 Å². The molecule has 0 saturated carbocycles. The van der Waals surface area contributed by atoms with Crippen molar-refractivity contribution < 1.29 is 28.4 Å². The van der Waals surface area contributed by atoms with Gasteiger partial charge in [0, 0.05) is 0 Å². The van der Waals surface area contributed by atoms with Gasteiger partial charge in [-0.1, -0.05) is 30.3 Å². The largest absolute Gasteiger partial charge is 0.348 e. The molecule has 3 heterocycles. The van der Waals surface area contributed by atoms with E-state index in [4.69, 9.17) is 28.4 Å². The van der Waals surface area contributed by atoms with Crippen LogP contribution in [0, 0.1) is 0 Å². The lowest BCUT2D eigenvalue weighted by atomic mass is 10.1. The van der Waals surface area contributed by atoms with Crippen LogP contribution in [0.2, 0.25) is 0 Å². The lowest BCUT2D eigenvalue weighted by Gasteiger charge is -2.27. The summed E-state index contributed by atoms with van der Waals surface area (Å²) in [5.41, 5.74) is 1.09. The number of fused-ring (bicyclic) bond motifs is 1. The van der Waals surface area contributed by atoms with Crippen LogP contribution in [0.15, 0.2) is 30.3 Å². The Morgan fingerprint density at radius 3 is 2.32 bits per heavy atom. The standard InChI is InChI=1S/C19H26O6/c1-18(2)21-11-13(23-18)14-15-16(25-19(3,4)24-15)17(22-14)20-10-12-8-6-5-7-9-12/h5-9,13-17H,10-11H2,1-4H3/t13-,14+,15-,16-,17-/m0/s1. The molecule has 0 unspecified atom stereocenters. The van der Waals surface area contributed by atoms with Crippen molar-refractivity contribution in [3.8, 4) is 0 Å². The fourth-order valence-corrected chi connectivity index (χ4v) is 3.65. The maximum atomic E-state index is 6.14. The fraction of sp³-hybridized carbons (Fsp3) is 0.684. The molecule has 0 aromatic heterocycles. The smallest absolute Gasteiger partial charge is 0.187 e. The summed E-state index contributed by atoms with van der Waals surface area (Å²) in [4.78, 5) is 0. The van der Waals surface area contributed by atoms with Crippen LogP contribution in [-0.4, -0.2) is 48.9 Å². The Labute approximate surface area is 148 Å². The molecule has 3 saturated heterocycles. The zero-order valence-electron chi connectivity index (χ0n) is 15.1. The second-order valence-electron chi connectivity index (χ2n) is 7.70. The van der Waals surface area contributed by atoms with Gasteiger partial charge < -0.3 is 28.4 Å². The van der Waals surface area contributed by atoms with E-state index in [2.05, 4.69) is 0 Å². The molecule has 138 valence electrons. The Balaban J connectivity index is 1.47. The van der Waals surface area contributed by atoms with Gasteiger partial charge in [0.05, 0.1) is 13.2 Å². The summed E-state index contributed by atoms with van der Waals surface area (Å²) in [7, 11) is 0. The monoisotopic (exact) mass is 350 g/mol. The SMILES string of the molecule is CC1(C)O[C@@H]2[C@H](O1)[C@@H](OCc1ccccc1)O[C@@H]2[C@@H]1COC(C)(C)O1. The molecular weight excluding hydrogens is 324 g/mol. The molecule has 3 aliphatic rings. The lowest BCUT2D eigenvalue weighted by molar-refractivity contribution is -0.250. The molecule has 1 aromatic rings. The van der Waals surface area contributed by atoms with Gasteiger partial charge in [0.2, 0.25) is 0 Å². The summed E-state index contributed by atoms with van der Waals surface area (Å²) >= 11 is 0. The number of benzene rings is 1. The van der Waals surface area contributed by atoms with Crippen molar-refractivity contribution in [3.05, 3.63) is 35.9 Å². The normalized spacial score (nSPS) is 38.8. The number of hydrogen-bond donors (Lipinski definition) is 0. The minimum Gasteiger partial charge on any atom is -0.348 e. The first-order valence-electron chi connectivity index (χ1n) is 8.81. The minimum absolute atomic E-state index is 0.203. The minimum atomic E-state index is -0.666. The third-order valence-corrected chi connectivity index (χ3v) is 4.70. The highest BCUT2D eigenvalue weighted by molar-refractivity contribution is 5.13. The van der Waals surface area contributed by atoms with E-state index >= 15 is 0 Å². The van der Waals surface area contributed by atoms with Gasteiger partial charge in [-0.05, 0) is 33.3 Å². The zero-order chi connectivity index (χ0) is 17.7. The summed E-state index contributed by atoms with van der Waals surface area (Å²) in [6, 6.07) is 10.0. The molecule has 3 fully saturated rings. The van der Waals surface area contributed by atoms with E-state index in [0.29, 0.717) is 13.2 Å². The highest BCUT2D eigenvalue weighted by Gasteiger charge is 2.59. The molecule has 0 spiro atoms. The molecule has 3 aliphatic heterocycles. The van der Waals surface area contributed by atoms with Crippen LogP contribution in [0.5, 0.6) is 0 Å². The van der Waals surface area contributed by atoms with Gasteiger partial charge >= 0.3 is 0 Å². The van der Waals surface area contributed by atoms with Crippen molar-refractivity contribution in [2.45, 2.75) is 76.6 Å². The Bertz CT molecular complexity index is 601. The molecule has 4 rings (SSSR count). The van der Waals surface area contributed by atoms with Gasteiger partial charge in [0.15, 0.2) is 17.9 Å². The molecule has 0 amide bonds. The van der Waals surface area contributed by atoms with Gasteiger partial charge in [-0.15, -0.1) is 0 Å². The Hall–Kier alpha value is -1.02. The number of hydrogen-bond acceptors (Lipinski definition) is 6. The molecule has 0 N–H and O–H groups in total. The second-order valence-corrected chi connectivity index (χ2v) is 7.70. The van der Waals surface area contributed by atoms with Gasteiger partial charge in [0.1, 0.15) is 24.4 Å². The van der Waals surface area contributed by atoms with E-state index in [-0.39, 0.29) is 24.4 Å². The molecule has 0 bridgehead atoms. The average molecular weight is 350 g/mol. The maximum Gasteiger partial charge on any atom is 0.187 e. The zero-order valence-corrected chi connectivity index (χ0v) is 15.1. The molecule has 0 radical (unpaired) electrons. The highest BCUT2D eigenvalue weighted by Crippen LogP contribution is 2.42. The fourth-order valence-electron chi connectivity index (χ4n) is 3.65. The van der Waals surface area contributed by atoms with E-state index in [1.54, 1.807) is 0 Å². The van der Waals surface area contributed by atoms with Crippen molar-refractivity contribution in [3.63, 3.8) is 0 Å². The summed E-state index contributed by atoms with van der Waals surface area (Å²) in [5.74, 6) is -1.28. The van der Waals surface area contributed by atoms with Crippen LogP contribution < -0.4 is 0 Å². The lowest BCUT2D eigenvalue weighted by Crippen LogP contribution is -2.40. The van der Waals surface area contributed by atoms with Crippen LogP contribution in [-0.2, 0) is 35.0 Å². The van der Waals surface area contributed by atoms with Crippen molar-refractivity contribution in [1.82, 2.24) is 0 Å². The number of rotatable bonds is 4. The first kappa shape index (κ1) is 17.4. The third kappa shape index (κ3) is 3.60. The second kappa shape index (κ2) is 6.30. The van der Waals surface area contributed by atoms with Gasteiger partial charge in [0.25, 0.3) is 0 Å². The van der Waals surface area contributed by atoms with E-state index in [1.165, 1.54) is 0 Å². The molecular formula is C19H26O6. The number of ether oxygens (including phenoxy) is 6. The van der Waals surface area contributed by atoms with E-state index < -0.39 is 17.9 Å². The molecule has 1 aromatic carbocycles. The van der Waals surface area contributed by atoms with Crippen LogP contribution in [0.25, 0.3) is 0 Å². The third-order valence-electron chi connectivity index (χ3n) is 4.70. The summed E-state index contributed by atoms with van der Waals surface area (Å²) in [5, 5.41) is 0. The van der Waals surface area contributed by atoms with E-state index in [1.807, 2.05) is 58.0 Å². The molecule has 6 heteroatoms. The first-order chi connectivity index (χ1) is 11.8.